The van der Waals surface area contributed by atoms with Crippen molar-refractivity contribution in [2.75, 3.05) is 12.4 Å². The molecule has 0 bridgehead atoms. The fourth-order valence-corrected chi connectivity index (χ4v) is 1.58. The van der Waals surface area contributed by atoms with Crippen molar-refractivity contribution in [2.24, 2.45) is 0 Å². The number of carbonyl (C=O) groups excluding carboxylic acids is 1. The van der Waals surface area contributed by atoms with Crippen LogP contribution in [0.3, 0.4) is 0 Å². The number of hydrogen-bond acceptors (Lipinski definition) is 4. The van der Waals surface area contributed by atoms with Gasteiger partial charge in [-0.1, -0.05) is 0 Å². The second-order valence-corrected chi connectivity index (χ2v) is 4.08. The fourth-order valence-electron chi connectivity index (χ4n) is 1.58. The molecule has 6 heteroatoms. The fraction of sp³-hybridized carbons (Fsp3) is 0.417. The molecule has 1 rings (SSSR count). The van der Waals surface area contributed by atoms with E-state index in [-0.39, 0.29) is 11.6 Å². The lowest BCUT2D eigenvalue weighted by atomic mass is 10.1. The molecule has 0 aliphatic heterocycles. The molecule has 1 aromatic rings. The second-order valence-electron chi connectivity index (χ2n) is 4.08. The zero-order chi connectivity index (χ0) is 13.9. The van der Waals surface area contributed by atoms with Gasteiger partial charge < -0.3 is 10.1 Å². The standard InChI is InChI=1S/C12H16N2O4/c1-7-5-10(14(16)17)6-8(2)11(7)13-12(15)9(3)18-4/h5-6,9H,1-4H3,(H,13,15)/t9-/m0/s1. The number of non-ortho nitro benzene ring substituents is 1. The van der Waals surface area contributed by atoms with Gasteiger partial charge in [0.1, 0.15) is 6.10 Å². The van der Waals surface area contributed by atoms with Crippen LogP contribution in [-0.2, 0) is 9.53 Å². The summed E-state index contributed by atoms with van der Waals surface area (Å²) in [6.07, 6.45) is -0.570. The zero-order valence-corrected chi connectivity index (χ0v) is 10.8. The molecule has 0 heterocycles. The van der Waals surface area contributed by atoms with E-state index in [1.807, 2.05) is 0 Å². The Kier molecular flexibility index (Phi) is 4.38. The quantitative estimate of drug-likeness (QED) is 0.657. The highest BCUT2D eigenvalue weighted by atomic mass is 16.6. The average molecular weight is 252 g/mol. The third-order valence-corrected chi connectivity index (χ3v) is 2.70. The summed E-state index contributed by atoms with van der Waals surface area (Å²) in [6.45, 7) is 5.06. The first kappa shape index (κ1) is 14.1. The molecule has 1 amide bonds. The summed E-state index contributed by atoms with van der Waals surface area (Å²) in [4.78, 5) is 21.9. The smallest absolute Gasteiger partial charge is 0.270 e. The SMILES string of the molecule is CO[C@@H](C)C(=O)Nc1c(C)cc([N+](=O)[O-])cc1C. The predicted molar refractivity (Wildman–Crippen MR) is 67.7 cm³/mol. The first-order valence-corrected chi connectivity index (χ1v) is 5.46. The molecule has 1 N–H and O–H groups in total. The van der Waals surface area contributed by atoms with E-state index in [0.29, 0.717) is 16.8 Å². The number of carbonyl (C=O) groups is 1. The lowest BCUT2D eigenvalue weighted by Gasteiger charge is -2.14. The van der Waals surface area contributed by atoms with Crippen LogP contribution in [-0.4, -0.2) is 24.0 Å². The van der Waals surface area contributed by atoms with E-state index < -0.39 is 11.0 Å². The molecule has 0 aliphatic carbocycles. The second kappa shape index (κ2) is 5.59. The van der Waals surface area contributed by atoms with Gasteiger partial charge in [0, 0.05) is 24.9 Å². The topological polar surface area (TPSA) is 81.5 Å². The van der Waals surface area contributed by atoms with Gasteiger partial charge in [0.15, 0.2) is 0 Å². The number of nitro benzene ring substituents is 1. The number of ether oxygens (including phenoxy) is 1. The van der Waals surface area contributed by atoms with E-state index >= 15 is 0 Å². The van der Waals surface area contributed by atoms with Crippen LogP contribution in [0.15, 0.2) is 12.1 Å². The highest BCUT2D eigenvalue weighted by molar-refractivity contribution is 5.95. The Morgan fingerprint density at radius 3 is 2.28 bits per heavy atom. The van der Waals surface area contributed by atoms with Gasteiger partial charge in [0.05, 0.1) is 4.92 Å². The summed E-state index contributed by atoms with van der Waals surface area (Å²) in [5.41, 5.74) is 1.91. The van der Waals surface area contributed by atoms with Crippen molar-refractivity contribution in [2.45, 2.75) is 26.9 Å². The Morgan fingerprint density at radius 1 is 1.39 bits per heavy atom. The lowest BCUT2D eigenvalue weighted by molar-refractivity contribution is -0.384. The van der Waals surface area contributed by atoms with Crippen LogP contribution in [0.2, 0.25) is 0 Å². The number of nitrogens with zero attached hydrogens (tertiary/aromatic N) is 1. The molecule has 0 radical (unpaired) electrons. The Hall–Kier alpha value is -1.95. The normalized spacial score (nSPS) is 12.0. The molecule has 0 spiro atoms. The van der Waals surface area contributed by atoms with E-state index in [1.165, 1.54) is 19.2 Å². The molecule has 1 aromatic carbocycles. The largest absolute Gasteiger partial charge is 0.372 e. The van der Waals surface area contributed by atoms with Crippen LogP contribution in [0, 0.1) is 24.0 Å². The number of rotatable bonds is 4. The molecule has 18 heavy (non-hydrogen) atoms. The van der Waals surface area contributed by atoms with Crippen molar-refractivity contribution in [1.29, 1.82) is 0 Å². The van der Waals surface area contributed by atoms with Crippen LogP contribution < -0.4 is 5.32 Å². The summed E-state index contributed by atoms with van der Waals surface area (Å²) in [7, 11) is 1.44. The van der Waals surface area contributed by atoms with E-state index in [9.17, 15) is 14.9 Å². The third kappa shape index (κ3) is 3.04. The number of methoxy groups -OCH3 is 1. The highest BCUT2D eigenvalue weighted by Gasteiger charge is 2.16. The number of benzene rings is 1. The first-order chi connectivity index (χ1) is 8.36. The van der Waals surface area contributed by atoms with Crippen LogP contribution >= 0.6 is 0 Å². The van der Waals surface area contributed by atoms with Gasteiger partial charge >= 0.3 is 0 Å². The summed E-state index contributed by atoms with van der Waals surface area (Å²) in [6, 6.07) is 2.86. The minimum atomic E-state index is -0.570. The van der Waals surface area contributed by atoms with Crippen molar-refractivity contribution >= 4 is 17.3 Å². The molecule has 0 fully saturated rings. The maximum absolute atomic E-state index is 11.7. The number of aryl methyl sites for hydroxylation is 2. The number of hydrogen-bond donors (Lipinski definition) is 1. The molecule has 0 unspecified atom stereocenters. The first-order valence-electron chi connectivity index (χ1n) is 5.46. The zero-order valence-electron chi connectivity index (χ0n) is 10.8. The van der Waals surface area contributed by atoms with Crippen molar-refractivity contribution < 1.29 is 14.5 Å². The third-order valence-electron chi connectivity index (χ3n) is 2.70. The van der Waals surface area contributed by atoms with Crippen LogP contribution in [0.5, 0.6) is 0 Å². The molecular weight excluding hydrogens is 236 g/mol. The van der Waals surface area contributed by atoms with Gasteiger partial charge in [-0.05, 0) is 31.9 Å². The maximum Gasteiger partial charge on any atom is 0.270 e. The van der Waals surface area contributed by atoms with Gasteiger partial charge in [-0.3, -0.25) is 14.9 Å². The number of nitro groups is 1. The highest BCUT2D eigenvalue weighted by Crippen LogP contribution is 2.26. The van der Waals surface area contributed by atoms with E-state index in [0.717, 1.165) is 0 Å². The Balaban J connectivity index is 3.04. The van der Waals surface area contributed by atoms with Crippen LogP contribution in [0.4, 0.5) is 11.4 Å². The van der Waals surface area contributed by atoms with Gasteiger partial charge in [-0.15, -0.1) is 0 Å². The molecular formula is C12H16N2O4. The van der Waals surface area contributed by atoms with E-state index in [2.05, 4.69) is 5.32 Å². The predicted octanol–water partition coefficient (Wildman–Crippen LogP) is 2.19. The van der Waals surface area contributed by atoms with Crippen LogP contribution in [0.25, 0.3) is 0 Å². The van der Waals surface area contributed by atoms with Gasteiger partial charge in [-0.2, -0.15) is 0 Å². The minimum Gasteiger partial charge on any atom is -0.372 e. The molecule has 1 atom stereocenters. The summed E-state index contributed by atoms with van der Waals surface area (Å²) in [5, 5.41) is 13.4. The van der Waals surface area contributed by atoms with Gasteiger partial charge in [0.2, 0.25) is 0 Å². The van der Waals surface area contributed by atoms with Crippen molar-refractivity contribution in [3.05, 3.63) is 33.4 Å². The van der Waals surface area contributed by atoms with Gasteiger partial charge in [-0.25, -0.2) is 0 Å². The van der Waals surface area contributed by atoms with Crippen molar-refractivity contribution in [1.82, 2.24) is 0 Å². The lowest BCUT2D eigenvalue weighted by Crippen LogP contribution is -2.27. The Bertz CT molecular complexity index is 462. The maximum atomic E-state index is 11.7. The van der Waals surface area contributed by atoms with E-state index in [4.69, 9.17) is 4.74 Å². The summed E-state index contributed by atoms with van der Waals surface area (Å²) in [5.74, 6) is -0.280. The molecule has 0 aliphatic rings. The molecule has 98 valence electrons. The summed E-state index contributed by atoms with van der Waals surface area (Å²) >= 11 is 0. The molecule has 6 nitrogen and oxygen atoms in total. The molecule has 0 aromatic heterocycles. The van der Waals surface area contributed by atoms with Crippen molar-refractivity contribution in [3.8, 4) is 0 Å². The average Bonchev–Trinajstić information content (AvgIpc) is 2.31. The van der Waals surface area contributed by atoms with Gasteiger partial charge in [0.25, 0.3) is 11.6 Å². The Morgan fingerprint density at radius 2 is 1.89 bits per heavy atom. The molecule has 0 saturated heterocycles. The number of nitrogens with one attached hydrogen (secondary N) is 1. The molecule has 0 saturated carbocycles. The monoisotopic (exact) mass is 252 g/mol. The summed E-state index contributed by atoms with van der Waals surface area (Å²) < 4.78 is 4.91. The Labute approximate surface area is 105 Å². The number of anilines is 1. The van der Waals surface area contributed by atoms with Crippen LogP contribution in [0.1, 0.15) is 18.1 Å². The van der Waals surface area contributed by atoms with E-state index in [1.54, 1.807) is 20.8 Å². The van der Waals surface area contributed by atoms with Crippen molar-refractivity contribution in [3.63, 3.8) is 0 Å². The minimum absolute atomic E-state index is 0.0165. The number of amides is 1.